The van der Waals surface area contributed by atoms with E-state index in [1.54, 1.807) is 0 Å². The number of amides is 1. The summed E-state index contributed by atoms with van der Waals surface area (Å²) in [5.41, 5.74) is 2.74. The van der Waals surface area contributed by atoms with E-state index < -0.39 is 0 Å². The van der Waals surface area contributed by atoms with Gasteiger partial charge in [0.1, 0.15) is 11.0 Å². The van der Waals surface area contributed by atoms with E-state index in [1.807, 2.05) is 49.4 Å². The smallest absolute Gasteiger partial charge is 0.260 e. The van der Waals surface area contributed by atoms with Crippen LogP contribution in [0.1, 0.15) is 18.9 Å². The summed E-state index contributed by atoms with van der Waals surface area (Å²) in [6, 6.07) is 17.7. The molecule has 0 aliphatic carbocycles. The largest absolute Gasteiger partial charge is 0.385 e. The molecule has 6 heteroatoms. The zero-order valence-corrected chi connectivity index (χ0v) is 13.6. The van der Waals surface area contributed by atoms with Crippen LogP contribution >= 0.6 is 0 Å². The van der Waals surface area contributed by atoms with Gasteiger partial charge in [-0.3, -0.25) is 4.79 Å². The quantitative estimate of drug-likeness (QED) is 0.722. The summed E-state index contributed by atoms with van der Waals surface area (Å²) in [6.45, 7) is 1.90. The SMILES string of the molecule is CC(CCc1ccccc1)NC(=O)COn1nnc2ccccc21. The predicted octanol–water partition coefficient (Wildman–Crippen LogP) is 2.00. The molecule has 0 saturated carbocycles. The summed E-state index contributed by atoms with van der Waals surface area (Å²) >= 11 is 0. The van der Waals surface area contributed by atoms with Gasteiger partial charge >= 0.3 is 0 Å². The summed E-state index contributed by atoms with van der Waals surface area (Å²) in [4.78, 5) is 18.7. The number of fused-ring (bicyclic) bond motifs is 1. The molecule has 0 radical (unpaired) electrons. The third kappa shape index (κ3) is 4.10. The average molecular weight is 324 g/mol. The number of aryl methyl sites for hydroxylation is 1. The molecular weight excluding hydrogens is 304 g/mol. The van der Waals surface area contributed by atoms with Gasteiger partial charge in [-0.1, -0.05) is 47.3 Å². The molecule has 0 aliphatic heterocycles. The third-order valence-electron chi connectivity index (χ3n) is 3.76. The van der Waals surface area contributed by atoms with Crippen molar-refractivity contribution in [1.82, 2.24) is 20.5 Å². The van der Waals surface area contributed by atoms with E-state index in [0.717, 1.165) is 23.9 Å². The van der Waals surface area contributed by atoms with Gasteiger partial charge in [0.05, 0.1) is 0 Å². The van der Waals surface area contributed by atoms with E-state index in [-0.39, 0.29) is 18.6 Å². The zero-order valence-electron chi connectivity index (χ0n) is 13.6. The number of carbonyl (C=O) groups is 1. The Bertz CT molecular complexity index is 801. The maximum atomic E-state index is 12.0. The second kappa shape index (κ2) is 7.59. The zero-order chi connectivity index (χ0) is 16.8. The van der Waals surface area contributed by atoms with Crippen molar-refractivity contribution in [1.29, 1.82) is 0 Å². The molecule has 0 spiro atoms. The maximum absolute atomic E-state index is 12.0. The second-order valence-electron chi connectivity index (χ2n) is 5.72. The van der Waals surface area contributed by atoms with Gasteiger partial charge in [-0.25, -0.2) is 0 Å². The molecule has 1 aromatic heterocycles. The van der Waals surface area contributed by atoms with E-state index >= 15 is 0 Å². The van der Waals surface area contributed by atoms with E-state index in [4.69, 9.17) is 4.84 Å². The van der Waals surface area contributed by atoms with Crippen LogP contribution in [0.4, 0.5) is 0 Å². The lowest BCUT2D eigenvalue weighted by molar-refractivity contribution is -0.126. The number of hydrogen-bond acceptors (Lipinski definition) is 4. The van der Waals surface area contributed by atoms with Crippen molar-refractivity contribution in [2.24, 2.45) is 0 Å². The Morgan fingerprint density at radius 3 is 2.75 bits per heavy atom. The van der Waals surface area contributed by atoms with E-state index in [2.05, 4.69) is 27.8 Å². The summed E-state index contributed by atoms with van der Waals surface area (Å²) in [5.74, 6) is -0.171. The number of aromatic nitrogens is 3. The molecule has 24 heavy (non-hydrogen) atoms. The van der Waals surface area contributed by atoms with Gasteiger partial charge in [0, 0.05) is 6.04 Å². The normalized spacial score (nSPS) is 12.0. The molecule has 6 nitrogen and oxygen atoms in total. The highest BCUT2D eigenvalue weighted by atomic mass is 16.7. The molecule has 1 unspecified atom stereocenters. The Hall–Kier alpha value is -2.89. The highest BCUT2D eigenvalue weighted by Crippen LogP contribution is 2.08. The van der Waals surface area contributed by atoms with Crippen LogP contribution in [0.25, 0.3) is 11.0 Å². The molecule has 0 aliphatic rings. The lowest BCUT2D eigenvalue weighted by Gasteiger charge is -2.14. The van der Waals surface area contributed by atoms with Gasteiger partial charge in [0.2, 0.25) is 0 Å². The average Bonchev–Trinajstić information content (AvgIpc) is 3.02. The molecule has 2 aromatic carbocycles. The molecule has 3 aromatic rings. The number of para-hydroxylation sites is 1. The van der Waals surface area contributed by atoms with Crippen LogP contribution in [-0.2, 0) is 11.2 Å². The highest BCUT2D eigenvalue weighted by molar-refractivity contribution is 5.78. The molecular formula is C18H20N4O2. The predicted molar refractivity (Wildman–Crippen MR) is 91.3 cm³/mol. The van der Waals surface area contributed by atoms with Gasteiger partial charge in [-0.15, -0.1) is 5.10 Å². The lowest BCUT2D eigenvalue weighted by atomic mass is 10.1. The maximum Gasteiger partial charge on any atom is 0.260 e. The highest BCUT2D eigenvalue weighted by Gasteiger charge is 2.10. The third-order valence-corrected chi connectivity index (χ3v) is 3.76. The fourth-order valence-electron chi connectivity index (χ4n) is 2.48. The fourth-order valence-corrected chi connectivity index (χ4v) is 2.48. The first-order chi connectivity index (χ1) is 11.7. The van der Waals surface area contributed by atoms with Crippen LogP contribution in [0.15, 0.2) is 54.6 Å². The molecule has 1 N–H and O–H groups in total. The van der Waals surface area contributed by atoms with E-state index in [0.29, 0.717) is 0 Å². The van der Waals surface area contributed by atoms with Crippen LogP contribution in [0.2, 0.25) is 0 Å². The Morgan fingerprint density at radius 1 is 1.17 bits per heavy atom. The Kier molecular flexibility index (Phi) is 5.05. The van der Waals surface area contributed by atoms with Crippen LogP contribution < -0.4 is 10.2 Å². The Labute approximate surface area is 140 Å². The van der Waals surface area contributed by atoms with Crippen molar-refractivity contribution in [3.8, 4) is 0 Å². The van der Waals surface area contributed by atoms with Crippen LogP contribution in [0, 0.1) is 0 Å². The summed E-state index contributed by atoms with van der Waals surface area (Å²) in [7, 11) is 0. The molecule has 1 amide bonds. The summed E-state index contributed by atoms with van der Waals surface area (Å²) in [5, 5.41) is 10.8. The molecule has 1 heterocycles. The lowest BCUT2D eigenvalue weighted by Crippen LogP contribution is -2.38. The number of benzene rings is 2. The first-order valence-corrected chi connectivity index (χ1v) is 7.99. The van der Waals surface area contributed by atoms with Crippen LogP contribution in [0.5, 0.6) is 0 Å². The first kappa shape index (κ1) is 16.0. The topological polar surface area (TPSA) is 69.0 Å². The molecule has 0 saturated heterocycles. The van der Waals surface area contributed by atoms with E-state index in [1.165, 1.54) is 10.4 Å². The molecule has 124 valence electrons. The van der Waals surface area contributed by atoms with Crippen molar-refractivity contribution in [3.63, 3.8) is 0 Å². The van der Waals surface area contributed by atoms with Crippen molar-refractivity contribution < 1.29 is 9.63 Å². The van der Waals surface area contributed by atoms with Crippen molar-refractivity contribution in [2.45, 2.75) is 25.8 Å². The fraction of sp³-hybridized carbons (Fsp3) is 0.278. The van der Waals surface area contributed by atoms with Crippen molar-refractivity contribution in [3.05, 3.63) is 60.2 Å². The van der Waals surface area contributed by atoms with Gasteiger partial charge in [-0.2, -0.15) is 0 Å². The minimum absolute atomic E-state index is 0.0776. The van der Waals surface area contributed by atoms with Gasteiger partial charge in [-0.05, 0) is 42.7 Å². The van der Waals surface area contributed by atoms with E-state index in [9.17, 15) is 4.79 Å². The number of carbonyl (C=O) groups excluding carboxylic acids is 1. The Morgan fingerprint density at radius 2 is 1.92 bits per heavy atom. The Balaban J connectivity index is 1.45. The standard InChI is InChI=1S/C18H20N4O2/c1-14(11-12-15-7-3-2-4-8-15)19-18(23)13-24-22-17-10-6-5-9-16(17)20-21-22/h2-10,14H,11-13H2,1H3,(H,19,23). The summed E-state index contributed by atoms with van der Waals surface area (Å²) < 4.78 is 0. The molecule has 1 atom stereocenters. The minimum atomic E-state index is -0.171. The van der Waals surface area contributed by atoms with Crippen LogP contribution in [-0.4, -0.2) is 33.7 Å². The van der Waals surface area contributed by atoms with Gasteiger partial charge in [0.15, 0.2) is 6.61 Å². The van der Waals surface area contributed by atoms with Gasteiger partial charge < -0.3 is 10.2 Å². The van der Waals surface area contributed by atoms with Crippen LogP contribution in [0.3, 0.4) is 0 Å². The number of nitrogens with zero attached hydrogens (tertiary/aromatic N) is 3. The minimum Gasteiger partial charge on any atom is -0.385 e. The number of rotatable bonds is 7. The number of hydrogen-bond donors (Lipinski definition) is 1. The second-order valence-corrected chi connectivity index (χ2v) is 5.72. The van der Waals surface area contributed by atoms with Crippen molar-refractivity contribution in [2.75, 3.05) is 6.61 Å². The molecule has 0 bridgehead atoms. The first-order valence-electron chi connectivity index (χ1n) is 7.99. The van der Waals surface area contributed by atoms with Crippen molar-refractivity contribution >= 4 is 16.9 Å². The molecule has 3 rings (SSSR count). The number of nitrogens with one attached hydrogen (secondary N) is 1. The summed E-state index contributed by atoms with van der Waals surface area (Å²) in [6.07, 6.45) is 1.80. The molecule has 0 fully saturated rings. The van der Waals surface area contributed by atoms with Gasteiger partial charge in [0.25, 0.3) is 5.91 Å². The monoisotopic (exact) mass is 324 g/mol.